The van der Waals surface area contributed by atoms with Crippen molar-refractivity contribution in [2.75, 3.05) is 0 Å². The molecule has 0 saturated carbocycles. The lowest BCUT2D eigenvalue weighted by Crippen LogP contribution is -2.30. The van der Waals surface area contributed by atoms with Crippen LogP contribution in [0.15, 0.2) is 41.9 Å². The number of thioether (sulfide) groups is 1. The summed E-state index contributed by atoms with van der Waals surface area (Å²) in [6, 6.07) is 7.38. The Labute approximate surface area is 142 Å². The van der Waals surface area contributed by atoms with Crippen LogP contribution in [0, 0.1) is 0 Å². The molecule has 3 aromatic rings. The summed E-state index contributed by atoms with van der Waals surface area (Å²) >= 11 is 7.21. The number of nitrogens with one attached hydrogen (secondary N) is 2. The van der Waals surface area contributed by atoms with Gasteiger partial charge in [-0.05, 0) is 24.6 Å². The van der Waals surface area contributed by atoms with E-state index in [1.165, 1.54) is 18.1 Å². The van der Waals surface area contributed by atoms with E-state index in [-0.39, 0.29) is 11.2 Å². The molecule has 0 unspecified atom stereocenters. The molecule has 2 aromatic heterocycles. The number of amides is 1. The van der Waals surface area contributed by atoms with E-state index in [4.69, 9.17) is 11.6 Å². The lowest BCUT2D eigenvalue weighted by molar-refractivity contribution is -0.120. The van der Waals surface area contributed by atoms with Crippen LogP contribution in [0.4, 0.5) is 0 Å². The predicted molar refractivity (Wildman–Crippen MR) is 90.3 cm³/mol. The van der Waals surface area contributed by atoms with Crippen molar-refractivity contribution < 1.29 is 4.79 Å². The number of carbonyl (C=O) groups excluding carboxylic acids is 1. The van der Waals surface area contributed by atoms with Gasteiger partial charge in [0.2, 0.25) is 5.91 Å². The Morgan fingerprint density at radius 3 is 2.87 bits per heavy atom. The van der Waals surface area contributed by atoms with Gasteiger partial charge in [-0.3, -0.25) is 4.79 Å². The molecule has 0 radical (unpaired) electrons. The summed E-state index contributed by atoms with van der Waals surface area (Å²) in [4.78, 5) is 27.6. The largest absolute Gasteiger partial charge is 0.351 e. The number of hydrogen-bond donors (Lipinski definition) is 2. The molecule has 0 spiro atoms. The van der Waals surface area contributed by atoms with Crippen molar-refractivity contribution in [1.82, 2.24) is 25.3 Å². The third kappa shape index (κ3) is 3.80. The normalized spacial score (nSPS) is 12.3. The third-order valence-electron chi connectivity index (χ3n) is 3.23. The molecule has 118 valence electrons. The predicted octanol–water partition coefficient (Wildman–Crippen LogP) is 2.80. The van der Waals surface area contributed by atoms with E-state index >= 15 is 0 Å². The molecule has 1 amide bonds. The lowest BCUT2D eigenvalue weighted by Gasteiger charge is -2.11. The van der Waals surface area contributed by atoms with Gasteiger partial charge in [0.05, 0.1) is 11.6 Å². The van der Waals surface area contributed by atoms with Crippen molar-refractivity contribution in [3.8, 4) is 0 Å². The van der Waals surface area contributed by atoms with Crippen LogP contribution in [0.2, 0.25) is 5.02 Å². The molecule has 0 aliphatic rings. The second-order valence-electron chi connectivity index (χ2n) is 4.88. The number of aromatic amines is 1. The fraction of sp³-hybridized carbons (Fsp3) is 0.200. The maximum Gasteiger partial charge on any atom is 0.233 e. The second-order valence-corrected chi connectivity index (χ2v) is 6.65. The topological polar surface area (TPSA) is 83.6 Å². The second kappa shape index (κ2) is 6.97. The summed E-state index contributed by atoms with van der Waals surface area (Å²) in [5, 5.41) is 4.01. The Morgan fingerprint density at radius 2 is 2.09 bits per heavy atom. The summed E-state index contributed by atoms with van der Waals surface area (Å²) in [6.07, 6.45) is 3.01. The van der Waals surface area contributed by atoms with Gasteiger partial charge >= 0.3 is 0 Å². The van der Waals surface area contributed by atoms with Crippen LogP contribution in [0.3, 0.4) is 0 Å². The summed E-state index contributed by atoms with van der Waals surface area (Å²) < 4.78 is 0. The van der Waals surface area contributed by atoms with E-state index in [9.17, 15) is 4.79 Å². The molecule has 3 rings (SSSR count). The molecular weight excluding hydrogens is 334 g/mol. The van der Waals surface area contributed by atoms with Gasteiger partial charge in [0.25, 0.3) is 0 Å². The van der Waals surface area contributed by atoms with E-state index < -0.39 is 0 Å². The summed E-state index contributed by atoms with van der Waals surface area (Å²) in [5.74, 6) is -0.0590. The minimum absolute atomic E-state index is 0.0590. The molecule has 23 heavy (non-hydrogen) atoms. The number of H-pyrrole nitrogens is 1. The third-order valence-corrected chi connectivity index (χ3v) is 4.58. The first-order valence-electron chi connectivity index (χ1n) is 6.96. The maximum absolute atomic E-state index is 12.2. The molecule has 8 heteroatoms. The Bertz CT molecular complexity index is 820. The van der Waals surface area contributed by atoms with E-state index in [1.807, 2.05) is 19.1 Å². The van der Waals surface area contributed by atoms with E-state index in [1.54, 1.807) is 18.5 Å². The molecule has 0 saturated heterocycles. The molecule has 1 aromatic carbocycles. The number of benzene rings is 1. The van der Waals surface area contributed by atoms with Crippen molar-refractivity contribution in [2.45, 2.75) is 23.7 Å². The van der Waals surface area contributed by atoms with Crippen molar-refractivity contribution in [3.05, 3.63) is 47.5 Å². The summed E-state index contributed by atoms with van der Waals surface area (Å²) in [7, 11) is 0. The van der Waals surface area contributed by atoms with Crippen LogP contribution < -0.4 is 5.32 Å². The average molecular weight is 348 g/mol. The molecule has 1 atom stereocenters. The smallest absolute Gasteiger partial charge is 0.233 e. The monoisotopic (exact) mass is 347 g/mol. The fourth-order valence-electron chi connectivity index (χ4n) is 1.99. The average Bonchev–Trinajstić information content (AvgIpc) is 3.03. The zero-order valence-corrected chi connectivity index (χ0v) is 13.9. The lowest BCUT2D eigenvalue weighted by atomic mass is 10.2. The van der Waals surface area contributed by atoms with Crippen LogP contribution in [0.25, 0.3) is 11.2 Å². The van der Waals surface area contributed by atoms with Crippen LogP contribution in [0.5, 0.6) is 0 Å². The highest BCUT2D eigenvalue weighted by Crippen LogP contribution is 2.26. The molecule has 0 aliphatic carbocycles. The number of hydrogen-bond acceptors (Lipinski definition) is 5. The van der Waals surface area contributed by atoms with Crippen LogP contribution >= 0.6 is 23.4 Å². The first-order chi connectivity index (χ1) is 11.1. The number of imidazole rings is 1. The Balaban J connectivity index is 1.61. The Hall–Kier alpha value is -2.12. The van der Waals surface area contributed by atoms with E-state index in [0.29, 0.717) is 22.2 Å². The molecule has 0 aliphatic heterocycles. The standard InChI is InChI=1S/C15H14ClN5OS/c1-9(14(22)17-6-10-2-4-11(16)5-3-10)23-15-12-13(19-7-18-12)20-8-21-15/h2-5,7-9H,6H2,1H3,(H,17,22)(H,18,19,20,21)/t9-/m1/s1. The minimum atomic E-state index is -0.288. The molecule has 6 nitrogen and oxygen atoms in total. The number of fused-ring (bicyclic) bond motifs is 1. The van der Waals surface area contributed by atoms with Crippen LogP contribution in [-0.4, -0.2) is 31.1 Å². The quantitative estimate of drug-likeness (QED) is 0.547. The van der Waals surface area contributed by atoms with Crippen LogP contribution in [0.1, 0.15) is 12.5 Å². The zero-order chi connectivity index (χ0) is 16.2. The van der Waals surface area contributed by atoms with Gasteiger partial charge in [-0.1, -0.05) is 35.5 Å². The van der Waals surface area contributed by atoms with Crippen molar-refractivity contribution in [2.24, 2.45) is 0 Å². The fourth-order valence-corrected chi connectivity index (χ4v) is 3.02. The van der Waals surface area contributed by atoms with Crippen LogP contribution in [-0.2, 0) is 11.3 Å². The SMILES string of the molecule is C[C@@H](Sc1ncnc2nc[nH]c12)C(=O)NCc1ccc(Cl)cc1. The highest BCUT2D eigenvalue weighted by atomic mass is 35.5. The number of halogens is 1. The number of carbonyl (C=O) groups is 1. The number of rotatable bonds is 5. The minimum Gasteiger partial charge on any atom is -0.351 e. The van der Waals surface area contributed by atoms with E-state index in [0.717, 1.165) is 11.1 Å². The Morgan fingerprint density at radius 1 is 1.30 bits per heavy atom. The first-order valence-corrected chi connectivity index (χ1v) is 8.22. The highest BCUT2D eigenvalue weighted by Gasteiger charge is 2.17. The molecular formula is C15H14ClN5OS. The summed E-state index contributed by atoms with van der Waals surface area (Å²) in [5.41, 5.74) is 2.34. The Kier molecular flexibility index (Phi) is 4.78. The number of aromatic nitrogens is 4. The zero-order valence-electron chi connectivity index (χ0n) is 12.3. The molecule has 0 bridgehead atoms. The van der Waals surface area contributed by atoms with Gasteiger partial charge in [-0.25, -0.2) is 15.0 Å². The van der Waals surface area contributed by atoms with Crippen molar-refractivity contribution in [1.29, 1.82) is 0 Å². The van der Waals surface area contributed by atoms with Crippen molar-refractivity contribution in [3.63, 3.8) is 0 Å². The van der Waals surface area contributed by atoms with Gasteiger partial charge in [0, 0.05) is 11.6 Å². The molecule has 0 fully saturated rings. The van der Waals surface area contributed by atoms with Gasteiger partial charge in [0.1, 0.15) is 16.9 Å². The van der Waals surface area contributed by atoms with Crippen molar-refractivity contribution >= 4 is 40.4 Å². The van der Waals surface area contributed by atoms with Gasteiger partial charge in [-0.15, -0.1) is 0 Å². The van der Waals surface area contributed by atoms with Gasteiger partial charge in [0.15, 0.2) is 5.65 Å². The van der Waals surface area contributed by atoms with Gasteiger partial charge < -0.3 is 10.3 Å². The molecule has 2 heterocycles. The van der Waals surface area contributed by atoms with Gasteiger partial charge in [-0.2, -0.15) is 0 Å². The molecule has 2 N–H and O–H groups in total. The summed E-state index contributed by atoms with van der Waals surface area (Å²) in [6.45, 7) is 2.30. The number of nitrogens with zero attached hydrogens (tertiary/aromatic N) is 3. The first kappa shape index (κ1) is 15.8. The maximum atomic E-state index is 12.2. The van der Waals surface area contributed by atoms with E-state index in [2.05, 4.69) is 25.3 Å². The highest BCUT2D eigenvalue weighted by molar-refractivity contribution is 8.00.